The van der Waals surface area contributed by atoms with Crippen LogP contribution in [0.2, 0.25) is 0 Å². The molecule has 8 heteroatoms. The van der Waals surface area contributed by atoms with E-state index in [2.05, 4.69) is 5.32 Å². The van der Waals surface area contributed by atoms with Crippen molar-refractivity contribution < 1.29 is 19.6 Å². The van der Waals surface area contributed by atoms with Crippen LogP contribution in [0.3, 0.4) is 0 Å². The van der Waals surface area contributed by atoms with Gasteiger partial charge in [-0.1, -0.05) is 20.3 Å². The maximum Gasteiger partial charge on any atom is 0.308 e. The van der Waals surface area contributed by atoms with Crippen molar-refractivity contribution in [1.29, 1.82) is 0 Å². The standard InChI is InChI=1S/C15H20N2O5S/c1-3-5-10(15(19)20)9-16-14(18)12-8-11(17(21)22)6-7-13(12)23-4-2/h6-8,10H,3-5,9H2,1-2H3,(H,16,18)(H,19,20). The van der Waals surface area contributed by atoms with Crippen LogP contribution in [-0.4, -0.2) is 34.2 Å². The van der Waals surface area contributed by atoms with Crippen molar-refractivity contribution in [3.63, 3.8) is 0 Å². The summed E-state index contributed by atoms with van der Waals surface area (Å²) in [4.78, 5) is 34.4. The predicted octanol–water partition coefficient (Wildman–Crippen LogP) is 2.94. The fraction of sp³-hybridized carbons (Fsp3) is 0.467. The van der Waals surface area contributed by atoms with Gasteiger partial charge in [0.2, 0.25) is 0 Å². The largest absolute Gasteiger partial charge is 0.481 e. The van der Waals surface area contributed by atoms with Gasteiger partial charge in [0.1, 0.15) is 0 Å². The normalized spacial score (nSPS) is 11.7. The van der Waals surface area contributed by atoms with Gasteiger partial charge < -0.3 is 10.4 Å². The van der Waals surface area contributed by atoms with Gasteiger partial charge >= 0.3 is 5.97 Å². The van der Waals surface area contributed by atoms with Crippen LogP contribution in [0.4, 0.5) is 5.69 Å². The van der Waals surface area contributed by atoms with Crippen molar-refractivity contribution in [2.24, 2.45) is 5.92 Å². The fourth-order valence-corrected chi connectivity index (χ4v) is 2.85. The molecule has 1 aromatic rings. The fourth-order valence-electron chi connectivity index (χ4n) is 2.06. The Balaban J connectivity index is 2.94. The third kappa shape index (κ3) is 5.55. The van der Waals surface area contributed by atoms with Gasteiger partial charge in [0.25, 0.3) is 11.6 Å². The lowest BCUT2D eigenvalue weighted by molar-refractivity contribution is -0.384. The van der Waals surface area contributed by atoms with Gasteiger partial charge in [-0.2, -0.15) is 0 Å². The Hall–Kier alpha value is -2.09. The molecule has 0 aliphatic carbocycles. The number of carbonyl (C=O) groups is 2. The number of hydrogen-bond acceptors (Lipinski definition) is 5. The second-order valence-corrected chi connectivity index (χ2v) is 6.21. The summed E-state index contributed by atoms with van der Waals surface area (Å²) in [5.41, 5.74) is 0.0330. The van der Waals surface area contributed by atoms with Crippen LogP contribution >= 0.6 is 11.8 Å². The van der Waals surface area contributed by atoms with E-state index >= 15 is 0 Å². The predicted molar refractivity (Wildman–Crippen MR) is 87.9 cm³/mol. The van der Waals surface area contributed by atoms with Gasteiger partial charge in [-0.3, -0.25) is 19.7 Å². The molecule has 0 bridgehead atoms. The number of hydrogen-bond donors (Lipinski definition) is 2. The van der Waals surface area contributed by atoms with Crippen LogP contribution in [0.1, 0.15) is 37.0 Å². The summed E-state index contributed by atoms with van der Waals surface area (Å²) in [7, 11) is 0. The molecule has 1 atom stereocenters. The molecule has 2 N–H and O–H groups in total. The maximum atomic E-state index is 12.3. The summed E-state index contributed by atoms with van der Waals surface area (Å²) in [6, 6.07) is 4.12. The molecular formula is C15H20N2O5S. The third-order valence-corrected chi connectivity index (χ3v) is 4.17. The number of nitrogens with zero attached hydrogens (tertiary/aromatic N) is 1. The average molecular weight is 340 g/mol. The summed E-state index contributed by atoms with van der Waals surface area (Å²) >= 11 is 1.40. The molecule has 0 aromatic heterocycles. The first-order chi connectivity index (χ1) is 10.9. The van der Waals surface area contributed by atoms with Gasteiger partial charge in [-0.05, 0) is 18.2 Å². The number of carboxylic acid groups (broad SMARTS) is 1. The SMILES string of the molecule is CCCC(CNC(=O)c1cc([N+](=O)[O-])ccc1SCC)C(=O)O. The van der Waals surface area contributed by atoms with Crippen molar-refractivity contribution in [1.82, 2.24) is 5.32 Å². The van der Waals surface area contributed by atoms with Crippen molar-refractivity contribution in [2.75, 3.05) is 12.3 Å². The van der Waals surface area contributed by atoms with E-state index in [1.807, 2.05) is 13.8 Å². The molecule has 0 aliphatic heterocycles. The molecule has 0 saturated carbocycles. The number of non-ortho nitro benzene ring substituents is 1. The van der Waals surface area contributed by atoms with Crippen LogP contribution < -0.4 is 5.32 Å². The Kier molecular flexibility index (Phi) is 7.53. The summed E-state index contributed by atoms with van der Waals surface area (Å²) < 4.78 is 0. The van der Waals surface area contributed by atoms with Crippen LogP contribution in [0.5, 0.6) is 0 Å². The van der Waals surface area contributed by atoms with Gasteiger partial charge in [0, 0.05) is 23.6 Å². The third-order valence-electron chi connectivity index (χ3n) is 3.21. The first-order valence-electron chi connectivity index (χ1n) is 7.32. The molecule has 0 saturated heterocycles. The second-order valence-electron chi connectivity index (χ2n) is 4.90. The lowest BCUT2D eigenvalue weighted by Crippen LogP contribution is -2.33. The number of nitrogens with one attached hydrogen (secondary N) is 1. The van der Waals surface area contributed by atoms with E-state index < -0.39 is 22.7 Å². The Bertz CT molecular complexity index is 591. The number of carboxylic acids is 1. The van der Waals surface area contributed by atoms with Crippen LogP contribution in [0.15, 0.2) is 23.1 Å². The van der Waals surface area contributed by atoms with Crippen molar-refractivity contribution in [3.05, 3.63) is 33.9 Å². The number of nitro groups is 1. The summed E-state index contributed by atoms with van der Waals surface area (Å²) in [6.45, 7) is 3.78. The molecule has 126 valence electrons. The van der Waals surface area contributed by atoms with Crippen LogP contribution in [0, 0.1) is 16.0 Å². The highest BCUT2D eigenvalue weighted by molar-refractivity contribution is 7.99. The number of benzene rings is 1. The lowest BCUT2D eigenvalue weighted by Gasteiger charge is -2.13. The number of thioether (sulfide) groups is 1. The number of carbonyl (C=O) groups excluding carboxylic acids is 1. The zero-order chi connectivity index (χ0) is 17.4. The van der Waals surface area contributed by atoms with Gasteiger partial charge in [-0.25, -0.2) is 0 Å². The Morgan fingerprint density at radius 3 is 2.61 bits per heavy atom. The van der Waals surface area contributed by atoms with Gasteiger partial charge in [-0.15, -0.1) is 11.8 Å². The number of amides is 1. The van der Waals surface area contributed by atoms with Crippen LogP contribution in [0.25, 0.3) is 0 Å². The van der Waals surface area contributed by atoms with Gasteiger partial charge in [0.05, 0.1) is 16.4 Å². The van der Waals surface area contributed by atoms with Crippen LogP contribution in [-0.2, 0) is 4.79 Å². The van der Waals surface area contributed by atoms with Gasteiger partial charge in [0.15, 0.2) is 0 Å². The average Bonchev–Trinajstić information content (AvgIpc) is 2.51. The molecule has 1 amide bonds. The monoisotopic (exact) mass is 340 g/mol. The van der Waals surface area contributed by atoms with E-state index in [0.717, 1.165) is 0 Å². The Morgan fingerprint density at radius 1 is 1.39 bits per heavy atom. The molecule has 7 nitrogen and oxygen atoms in total. The number of rotatable bonds is 9. The smallest absolute Gasteiger partial charge is 0.308 e. The Labute approximate surface area is 138 Å². The highest BCUT2D eigenvalue weighted by atomic mass is 32.2. The zero-order valence-corrected chi connectivity index (χ0v) is 13.9. The molecule has 0 radical (unpaired) electrons. The van der Waals surface area contributed by atoms with E-state index in [9.17, 15) is 19.7 Å². The molecule has 1 aromatic carbocycles. The summed E-state index contributed by atoms with van der Waals surface area (Å²) in [5, 5.41) is 22.5. The number of nitro benzene ring substituents is 1. The summed E-state index contributed by atoms with van der Waals surface area (Å²) in [6.07, 6.45) is 1.15. The Morgan fingerprint density at radius 2 is 2.09 bits per heavy atom. The molecule has 0 heterocycles. The van der Waals surface area contributed by atoms with E-state index in [1.54, 1.807) is 6.07 Å². The topological polar surface area (TPSA) is 110 Å². The van der Waals surface area contributed by atoms with Crippen molar-refractivity contribution in [3.8, 4) is 0 Å². The minimum atomic E-state index is -0.964. The van der Waals surface area contributed by atoms with Crippen molar-refractivity contribution in [2.45, 2.75) is 31.6 Å². The molecule has 0 spiro atoms. The van der Waals surface area contributed by atoms with E-state index in [-0.39, 0.29) is 17.8 Å². The molecule has 0 aliphatic rings. The minimum absolute atomic E-state index is 0.000923. The quantitative estimate of drug-likeness (QED) is 0.406. The molecule has 0 fully saturated rings. The molecule has 1 unspecified atom stereocenters. The summed E-state index contributed by atoms with van der Waals surface area (Å²) in [5.74, 6) is -1.41. The van der Waals surface area contributed by atoms with E-state index in [4.69, 9.17) is 5.11 Å². The minimum Gasteiger partial charge on any atom is -0.481 e. The second kappa shape index (κ2) is 9.14. The van der Waals surface area contributed by atoms with E-state index in [1.165, 1.54) is 23.9 Å². The lowest BCUT2D eigenvalue weighted by atomic mass is 10.0. The molecule has 1 rings (SSSR count). The molecule has 23 heavy (non-hydrogen) atoms. The first kappa shape index (κ1) is 19.0. The highest BCUT2D eigenvalue weighted by Gasteiger charge is 2.20. The first-order valence-corrected chi connectivity index (χ1v) is 8.31. The van der Waals surface area contributed by atoms with Crippen molar-refractivity contribution >= 4 is 29.3 Å². The zero-order valence-electron chi connectivity index (χ0n) is 13.1. The number of aliphatic carboxylic acids is 1. The van der Waals surface area contributed by atoms with E-state index in [0.29, 0.717) is 23.5 Å². The maximum absolute atomic E-state index is 12.3. The highest BCUT2D eigenvalue weighted by Crippen LogP contribution is 2.26. The molecular weight excluding hydrogens is 320 g/mol.